The van der Waals surface area contributed by atoms with E-state index in [-0.39, 0.29) is 0 Å². The van der Waals surface area contributed by atoms with Gasteiger partial charge in [-0.25, -0.2) is 0 Å². The van der Waals surface area contributed by atoms with Gasteiger partial charge in [-0.3, -0.25) is 4.98 Å². The van der Waals surface area contributed by atoms with Crippen molar-refractivity contribution in [2.45, 2.75) is 4.90 Å². The Kier molecular flexibility index (Phi) is 2.10. The van der Waals surface area contributed by atoms with Crippen molar-refractivity contribution in [1.82, 2.24) is 4.98 Å². The summed E-state index contributed by atoms with van der Waals surface area (Å²) in [6, 6.07) is 5.89. The summed E-state index contributed by atoms with van der Waals surface area (Å²) < 4.78 is 0. The van der Waals surface area contributed by atoms with Gasteiger partial charge in [-0.1, -0.05) is 12.1 Å². The molecule has 3 heteroatoms. The quantitative estimate of drug-likeness (QED) is 0.554. The summed E-state index contributed by atoms with van der Waals surface area (Å²) in [6.07, 6.45) is 5.72. The molecule has 0 aliphatic carbocycles. The molecular weight excluding hydrogens is 180 g/mol. The molecule has 1 heterocycles. The van der Waals surface area contributed by atoms with Crippen LogP contribution in [-0.2, 0) is 0 Å². The fourth-order valence-corrected chi connectivity index (χ4v) is 1.99. The lowest BCUT2D eigenvalue weighted by atomic mass is 10.1. The number of benzene rings is 1. The van der Waals surface area contributed by atoms with Crippen LogP contribution in [0.5, 0.6) is 0 Å². The Morgan fingerprint density at radius 3 is 2.92 bits per heavy atom. The number of hydrogen-bond acceptors (Lipinski definition) is 3. The second-order valence-corrected chi connectivity index (χ2v) is 3.64. The Balaban J connectivity index is 2.87. The highest BCUT2D eigenvalue weighted by atomic mass is 32.2. The van der Waals surface area contributed by atoms with Crippen LogP contribution in [0.3, 0.4) is 0 Å². The molecule has 2 nitrogen and oxygen atoms in total. The predicted molar refractivity (Wildman–Crippen MR) is 57.9 cm³/mol. The van der Waals surface area contributed by atoms with Crippen molar-refractivity contribution in [2.75, 3.05) is 12.0 Å². The molecule has 0 saturated carbocycles. The van der Waals surface area contributed by atoms with Gasteiger partial charge < -0.3 is 5.73 Å². The van der Waals surface area contributed by atoms with E-state index in [0.717, 1.165) is 21.4 Å². The lowest BCUT2D eigenvalue weighted by molar-refractivity contribution is 1.29. The van der Waals surface area contributed by atoms with Gasteiger partial charge in [-0.05, 0) is 12.3 Å². The van der Waals surface area contributed by atoms with E-state index < -0.39 is 0 Å². The van der Waals surface area contributed by atoms with Crippen molar-refractivity contribution in [1.29, 1.82) is 0 Å². The number of nitrogen functional groups attached to an aromatic ring is 1. The number of thioether (sulfide) groups is 1. The Bertz CT molecular complexity index is 435. The molecule has 0 atom stereocenters. The Morgan fingerprint density at radius 2 is 2.15 bits per heavy atom. The zero-order valence-corrected chi connectivity index (χ0v) is 8.14. The van der Waals surface area contributed by atoms with Crippen LogP contribution < -0.4 is 5.73 Å². The van der Waals surface area contributed by atoms with E-state index in [1.807, 2.05) is 36.8 Å². The fourth-order valence-electron chi connectivity index (χ4n) is 1.39. The largest absolute Gasteiger partial charge is 0.398 e. The monoisotopic (exact) mass is 190 g/mol. The number of fused-ring (bicyclic) bond motifs is 1. The molecule has 13 heavy (non-hydrogen) atoms. The molecule has 2 rings (SSSR count). The third-order valence-electron chi connectivity index (χ3n) is 2.00. The molecule has 1 aromatic carbocycles. The molecule has 0 spiro atoms. The number of rotatable bonds is 1. The van der Waals surface area contributed by atoms with Gasteiger partial charge in [0.15, 0.2) is 0 Å². The van der Waals surface area contributed by atoms with E-state index >= 15 is 0 Å². The van der Waals surface area contributed by atoms with Crippen molar-refractivity contribution in [3.05, 3.63) is 30.6 Å². The molecule has 2 N–H and O–H groups in total. The van der Waals surface area contributed by atoms with Gasteiger partial charge in [-0.2, -0.15) is 0 Å². The average molecular weight is 190 g/mol. The topological polar surface area (TPSA) is 38.9 Å². The van der Waals surface area contributed by atoms with E-state index in [1.165, 1.54) is 0 Å². The molecule has 0 aliphatic heterocycles. The molecule has 0 aliphatic rings. The van der Waals surface area contributed by atoms with Crippen LogP contribution in [0.25, 0.3) is 10.8 Å². The van der Waals surface area contributed by atoms with E-state index in [9.17, 15) is 0 Å². The summed E-state index contributed by atoms with van der Waals surface area (Å²) in [5, 5.41) is 2.22. The second-order valence-electron chi connectivity index (χ2n) is 2.79. The van der Waals surface area contributed by atoms with Crippen LogP contribution in [0.2, 0.25) is 0 Å². The summed E-state index contributed by atoms with van der Waals surface area (Å²) in [4.78, 5) is 5.28. The maximum Gasteiger partial charge on any atom is 0.0411 e. The minimum atomic E-state index is 0.823. The molecule has 0 bridgehead atoms. The molecular formula is C10H10N2S. The van der Waals surface area contributed by atoms with Crippen LogP contribution in [0.15, 0.2) is 35.5 Å². The lowest BCUT2D eigenvalue weighted by Crippen LogP contribution is -1.88. The van der Waals surface area contributed by atoms with Crippen molar-refractivity contribution in [3.8, 4) is 0 Å². The first-order valence-corrected chi connectivity index (χ1v) is 5.21. The van der Waals surface area contributed by atoms with Gasteiger partial charge in [0.25, 0.3) is 0 Å². The Morgan fingerprint density at radius 1 is 1.31 bits per heavy atom. The lowest BCUT2D eigenvalue weighted by Gasteiger charge is -2.05. The molecule has 0 saturated heterocycles. The number of nitrogens with two attached hydrogens (primary N) is 1. The molecule has 66 valence electrons. The normalized spacial score (nSPS) is 10.5. The molecule has 0 fully saturated rings. The zero-order valence-electron chi connectivity index (χ0n) is 7.32. The van der Waals surface area contributed by atoms with E-state index in [0.29, 0.717) is 0 Å². The first kappa shape index (κ1) is 8.38. The van der Waals surface area contributed by atoms with Gasteiger partial charge in [0, 0.05) is 33.7 Å². The summed E-state index contributed by atoms with van der Waals surface area (Å²) in [7, 11) is 0. The van der Waals surface area contributed by atoms with Gasteiger partial charge >= 0.3 is 0 Å². The summed E-state index contributed by atoms with van der Waals surface area (Å²) >= 11 is 1.67. The highest BCUT2D eigenvalue weighted by Gasteiger charge is 2.02. The zero-order chi connectivity index (χ0) is 9.26. The third kappa shape index (κ3) is 1.35. The van der Waals surface area contributed by atoms with Crippen molar-refractivity contribution >= 4 is 28.2 Å². The van der Waals surface area contributed by atoms with Crippen molar-refractivity contribution < 1.29 is 0 Å². The maximum absolute atomic E-state index is 5.89. The summed E-state index contributed by atoms with van der Waals surface area (Å²) in [6.45, 7) is 0. The minimum absolute atomic E-state index is 0.823. The van der Waals surface area contributed by atoms with Gasteiger partial charge in [0.05, 0.1) is 0 Å². The first-order chi connectivity index (χ1) is 6.33. The van der Waals surface area contributed by atoms with Crippen molar-refractivity contribution in [3.63, 3.8) is 0 Å². The average Bonchev–Trinajstić information content (AvgIpc) is 2.17. The van der Waals surface area contributed by atoms with E-state index in [1.54, 1.807) is 11.8 Å². The van der Waals surface area contributed by atoms with E-state index in [2.05, 4.69) is 4.98 Å². The van der Waals surface area contributed by atoms with Gasteiger partial charge in [0.1, 0.15) is 0 Å². The molecule has 0 amide bonds. The van der Waals surface area contributed by atoms with Crippen LogP contribution in [0, 0.1) is 0 Å². The highest BCUT2D eigenvalue weighted by Crippen LogP contribution is 2.29. The summed E-state index contributed by atoms with van der Waals surface area (Å²) in [5.41, 5.74) is 6.71. The smallest absolute Gasteiger partial charge is 0.0411 e. The van der Waals surface area contributed by atoms with Crippen LogP contribution in [0.1, 0.15) is 0 Å². The predicted octanol–water partition coefficient (Wildman–Crippen LogP) is 2.54. The minimum Gasteiger partial charge on any atom is -0.398 e. The van der Waals surface area contributed by atoms with Crippen LogP contribution in [-0.4, -0.2) is 11.2 Å². The maximum atomic E-state index is 5.89. The van der Waals surface area contributed by atoms with Gasteiger partial charge in [-0.15, -0.1) is 11.8 Å². The van der Waals surface area contributed by atoms with Crippen molar-refractivity contribution in [2.24, 2.45) is 0 Å². The standard InChI is InChI=1S/C10H10N2S/c1-13-9-6-12-5-7-3-2-4-8(11)10(7)9/h2-6H,11H2,1H3. The Labute approximate surface area is 81.2 Å². The second kappa shape index (κ2) is 3.26. The number of aromatic nitrogens is 1. The molecule has 0 unspecified atom stereocenters. The SMILES string of the molecule is CSc1cncc2cccc(N)c12. The van der Waals surface area contributed by atoms with E-state index in [4.69, 9.17) is 5.73 Å². The number of hydrogen-bond donors (Lipinski definition) is 1. The third-order valence-corrected chi connectivity index (χ3v) is 2.75. The molecule has 0 radical (unpaired) electrons. The molecule has 1 aromatic heterocycles. The molecule has 2 aromatic rings. The highest BCUT2D eigenvalue weighted by molar-refractivity contribution is 7.98. The summed E-state index contributed by atoms with van der Waals surface area (Å²) in [5.74, 6) is 0. The van der Waals surface area contributed by atoms with Crippen LogP contribution in [0.4, 0.5) is 5.69 Å². The number of anilines is 1. The van der Waals surface area contributed by atoms with Crippen LogP contribution >= 0.6 is 11.8 Å². The van der Waals surface area contributed by atoms with Gasteiger partial charge in [0.2, 0.25) is 0 Å². The number of pyridine rings is 1. The first-order valence-electron chi connectivity index (χ1n) is 3.99. The Hall–Kier alpha value is -1.22. The fraction of sp³-hybridized carbons (Fsp3) is 0.100. The number of nitrogens with zero attached hydrogens (tertiary/aromatic N) is 1.